The van der Waals surface area contributed by atoms with Crippen molar-refractivity contribution in [3.8, 4) is 23.3 Å². The molecule has 0 spiro atoms. The van der Waals surface area contributed by atoms with E-state index in [1.807, 2.05) is 5.92 Å². The van der Waals surface area contributed by atoms with Crippen molar-refractivity contribution >= 4 is 26.7 Å². The molecule has 8 nitrogen and oxygen atoms in total. The Hall–Kier alpha value is -4.31. The van der Waals surface area contributed by atoms with E-state index < -0.39 is 33.0 Å². The van der Waals surface area contributed by atoms with E-state index in [1.165, 1.54) is 43.7 Å². The third kappa shape index (κ3) is 5.08. The zero-order valence-corrected chi connectivity index (χ0v) is 20.9. The van der Waals surface area contributed by atoms with Crippen LogP contribution in [0.3, 0.4) is 0 Å². The minimum atomic E-state index is -4.63. The highest BCUT2D eigenvalue weighted by atomic mass is 32.2. The highest BCUT2D eigenvalue weighted by Gasteiger charge is 2.46. The SMILES string of the molecule is COc1cc(C#CC(C)(C)C(F)(F)F)c(F)cc1-n1c(=O)ccc2cc(S(=O)(=O)Nc3ccon3)ccc21. The van der Waals surface area contributed by atoms with Gasteiger partial charge in [-0.3, -0.25) is 14.1 Å². The lowest BCUT2D eigenvalue weighted by molar-refractivity contribution is -0.190. The molecule has 0 aliphatic carbocycles. The van der Waals surface area contributed by atoms with Crippen LogP contribution in [-0.2, 0) is 10.0 Å². The number of ether oxygens (including phenoxy) is 1. The Labute approximate surface area is 213 Å². The van der Waals surface area contributed by atoms with Gasteiger partial charge in [-0.05, 0) is 38.1 Å². The Morgan fingerprint density at radius 3 is 2.45 bits per heavy atom. The molecule has 2 heterocycles. The lowest BCUT2D eigenvalue weighted by atomic mass is 9.93. The molecule has 0 saturated carbocycles. The van der Waals surface area contributed by atoms with Crippen molar-refractivity contribution in [2.24, 2.45) is 5.41 Å². The van der Waals surface area contributed by atoms with Crippen LogP contribution in [0.1, 0.15) is 19.4 Å². The monoisotopic (exact) mass is 549 g/mol. The first-order chi connectivity index (χ1) is 17.7. The van der Waals surface area contributed by atoms with Gasteiger partial charge in [-0.2, -0.15) is 13.2 Å². The van der Waals surface area contributed by atoms with E-state index in [0.717, 1.165) is 36.6 Å². The smallest absolute Gasteiger partial charge is 0.404 e. The zero-order valence-electron chi connectivity index (χ0n) is 20.1. The molecule has 0 aliphatic rings. The number of fused-ring (bicyclic) bond motifs is 1. The first kappa shape index (κ1) is 26.7. The van der Waals surface area contributed by atoms with Crippen LogP contribution >= 0.6 is 0 Å². The van der Waals surface area contributed by atoms with Crippen LogP contribution in [0.2, 0.25) is 0 Å². The van der Waals surface area contributed by atoms with Crippen molar-refractivity contribution in [2.45, 2.75) is 24.9 Å². The number of benzene rings is 2. The first-order valence-electron chi connectivity index (χ1n) is 10.8. The Balaban J connectivity index is 1.83. The highest BCUT2D eigenvalue weighted by molar-refractivity contribution is 7.92. The third-order valence-electron chi connectivity index (χ3n) is 5.58. The van der Waals surface area contributed by atoms with Gasteiger partial charge < -0.3 is 9.26 Å². The molecule has 0 fully saturated rings. The fraction of sp³-hybridized carbons (Fsp3) is 0.200. The lowest BCUT2D eigenvalue weighted by Crippen LogP contribution is -2.30. The van der Waals surface area contributed by atoms with Crippen molar-refractivity contribution in [1.82, 2.24) is 9.72 Å². The molecule has 0 unspecified atom stereocenters. The van der Waals surface area contributed by atoms with Crippen molar-refractivity contribution in [1.29, 1.82) is 0 Å². The standard InChI is InChI=1S/C25H19F4N3O5S/c1-24(2,25(27,28)29)10-8-15-13-21(36-3)20(14-18(15)26)32-19-6-5-17(12-16(19)4-7-23(32)33)38(34,35)31-22-9-11-37-30-22/h4-7,9,11-14H,1-3H3,(H,30,31). The minimum Gasteiger partial charge on any atom is -0.495 e. The van der Waals surface area contributed by atoms with Crippen molar-refractivity contribution in [3.05, 3.63) is 76.5 Å². The average molecular weight is 550 g/mol. The summed E-state index contributed by atoms with van der Waals surface area (Å²) in [5.74, 6) is 3.19. The van der Waals surface area contributed by atoms with Gasteiger partial charge in [-0.15, -0.1) is 0 Å². The van der Waals surface area contributed by atoms with Crippen molar-refractivity contribution in [3.63, 3.8) is 0 Å². The van der Waals surface area contributed by atoms with Gasteiger partial charge in [0.1, 0.15) is 23.2 Å². The van der Waals surface area contributed by atoms with Crippen LogP contribution in [-0.4, -0.2) is 31.4 Å². The zero-order chi connectivity index (χ0) is 27.9. The summed E-state index contributed by atoms with van der Waals surface area (Å²) in [4.78, 5) is 12.7. The molecule has 0 saturated heterocycles. The molecule has 2 aromatic heterocycles. The topological polar surface area (TPSA) is 103 Å². The number of anilines is 1. The van der Waals surface area contributed by atoms with Gasteiger partial charge in [0.25, 0.3) is 15.6 Å². The third-order valence-corrected chi connectivity index (χ3v) is 6.93. The molecule has 1 N–H and O–H groups in total. The Morgan fingerprint density at radius 1 is 1.08 bits per heavy atom. The predicted octanol–water partition coefficient (Wildman–Crippen LogP) is 4.87. The number of alkyl halides is 3. The summed E-state index contributed by atoms with van der Waals surface area (Å²) in [7, 11) is -2.82. The fourth-order valence-electron chi connectivity index (χ4n) is 3.37. The summed E-state index contributed by atoms with van der Waals surface area (Å²) in [5, 5.41) is 3.81. The van der Waals surface area contributed by atoms with Gasteiger partial charge in [-0.25, -0.2) is 12.8 Å². The number of nitrogens with zero attached hydrogens (tertiary/aromatic N) is 2. The summed E-state index contributed by atoms with van der Waals surface area (Å²) in [6, 6.07) is 9.77. The van der Waals surface area contributed by atoms with Gasteiger partial charge in [-0.1, -0.05) is 17.0 Å². The maximum absolute atomic E-state index is 15.0. The molecule has 2 aromatic carbocycles. The number of sulfonamides is 1. The summed E-state index contributed by atoms with van der Waals surface area (Å²) in [6.45, 7) is 1.74. The fourth-order valence-corrected chi connectivity index (χ4v) is 4.40. The molecular weight excluding hydrogens is 530 g/mol. The molecule has 4 aromatic rings. The lowest BCUT2D eigenvalue weighted by Gasteiger charge is -2.21. The second-order valence-electron chi connectivity index (χ2n) is 8.59. The van der Waals surface area contributed by atoms with Gasteiger partial charge in [0, 0.05) is 29.7 Å². The maximum Gasteiger partial charge on any atom is 0.404 e. The molecule has 198 valence electrons. The molecule has 0 aliphatic heterocycles. The predicted molar refractivity (Wildman–Crippen MR) is 130 cm³/mol. The van der Waals surface area contributed by atoms with E-state index in [-0.39, 0.29) is 33.2 Å². The second-order valence-corrected chi connectivity index (χ2v) is 10.3. The minimum absolute atomic E-state index is 0.0305. The molecule has 0 bridgehead atoms. The first-order valence-corrected chi connectivity index (χ1v) is 12.3. The van der Waals surface area contributed by atoms with Crippen LogP contribution in [0.4, 0.5) is 23.4 Å². The van der Waals surface area contributed by atoms with E-state index in [9.17, 15) is 26.4 Å². The highest BCUT2D eigenvalue weighted by Crippen LogP contribution is 2.37. The second kappa shape index (κ2) is 9.53. The Bertz CT molecular complexity index is 1750. The number of nitrogens with one attached hydrogen (secondary N) is 1. The molecule has 4 rings (SSSR count). The van der Waals surface area contributed by atoms with E-state index in [2.05, 4.69) is 20.3 Å². The van der Waals surface area contributed by atoms with Crippen LogP contribution < -0.4 is 15.0 Å². The molecular formula is C25H19F4N3O5S. The number of methoxy groups -OCH3 is 1. The Morgan fingerprint density at radius 2 is 1.82 bits per heavy atom. The van der Waals surface area contributed by atoms with Gasteiger partial charge in [0.2, 0.25) is 0 Å². The van der Waals surface area contributed by atoms with E-state index in [4.69, 9.17) is 4.74 Å². The van der Waals surface area contributed by atoms with E-state index in [0.29, 0.717) is 5.39 Å². The number of hydrogen-bond acceptors (Lipinski definition) is 6. The van der Waals surface area contributed by atoms with Crippen molar-refractivity contribution < 1.29 is 35.2 Å². The van der Waals surface area contributed by atoms with Gasteiger partial charge in [0.05, 0.1) is 28.8 Å². The van der Waals surface area contributed by atoms with Crippen molar-refractivity contribution in [2.75, 3.05) is 11.8 Å². The number of hydrogen-bond donors (Lipinski definition) is 1. The Kier molecular flexibility index (Phi) is 6.71. The summed E-state index contributed by atoms with van der Waals surface area (Å²) >= 11 is 0. The summed E-state index contributed by atoms with van der Waals surface area (Å²) in [5.41, 5.74) is -3.18. The van der Waals surface area contributed by atoms with Crippen LogP contribution in [0.25, 0.3) is 16.6 Å². The summed E-state index contributed by atoms with van der Waals surface area (Å²) in [6.07, 6.45) is -3.44. The van der Waals surface area contributed by atoms with Gasteiger partial charge in [0.15, 0.2) is 5.82 Å². The molecule has 0 radical (unpaired) electrons. The summed E-state index contributed by atoms with van der Waals surface area (Å²) < 4.78 is 93.2. The van der Waals surface area contributed by atoms with Crippen LogP contribution in [0.15, 0.2) is 69.0 Å². The van der Waals surface area contributed by atoms with E-state index >= 15 is 4.39 Å². The van der Waals surface area contributed by atoms with Crippen LogP contribution in [0.5, 0.6) is 5.75 Å². The van der Waals surface area contributed by atoms with E-state index in [1.54, 1.807) is 0 Å². The normalized spacial score (nSPS) is 12.2. The average Bonchev–Trinajstić information content (AvgIpc) is 3.34. The number of rotatable bonds is 5. The van der Waals surface area contributed by atoms with Gasteiger partial charge >= 0.3 is 6.18 Å². The quantitative estimate of drug-likeness (QED) is 0.282. The number of halogens is 4. The molecule has 38 heavy (non-hydrogen) atoms. The molecule has 0 amide bonds. The number of aromatic nitrogens is 2. The number of pyridine rings is 1. The maximum atomic E-state index is 15.0. The molecule has 0 atom stereocenters. The largest absolute Gasteiger partial charge is 0.495 e. The van der Waals surface area contributed by atoms with Crippen LogP contribution in [0, 0.1) is 23.1 Å². The molecule has 13 heteroatoms.